The van der Waals surface area contributed by atoms with Gasteiger partial charge in [0.2, 0.25) is 17.2 Å². The van der Waals surface area contributed by atoms with Gasteiger partial charge in [0.05, 0.1) is 5.52 Å². The molecule has 1 aliphatic heterocycles. The van der Waals surface area contributed by atoms with E-state index < -0.39 is 0 Å². The summed E-state index contributed by atoms with van der Waals surface area (Å²) in [6.45, 7) is 10.5. The van der Waals surface area contributed by atoms with Gasteiger partial charge in [-0.05, 0) is 79.5 Å². The minimum Gasteiger partial charge on any atom is -0.467 e. The number of nitrogens with zero attached hydrogens (tertiary/aromatic N) is 2. The first-order chi connectivity index (χ1) is 17.7. The van der Waals surface area contributed by atoms with E-state index >= 15 is 0 Å². The van der Waals surface area contributed by atoms with Gasteiger partial charge in [-0.3, -0.25) is 4.79 Å². The molecule has 2 atom stereocenters. The highest BCUT2D eigenvalue weighted by Gasteiger charge is 2.45. The molecular formula is C31H31N3O3. The minimum atomic E-state index is -0.131. The molecule has 0 fully saturated rings. The summed E-state index contributed by atoms with van der Waals surface area (Å²) in [6.07, 6.45) is 1.98. The zero-order valence-electron chi connectivity index (χ0n) is 21.9. The molecule has 0 radical (unpaired) electrons. The summed E-state index contributed by atoms with van der Waals surface area (Å²) in [5, 5.41) is 0. The Kier molecular flexibility index (Phi) is 5.44. The molecule has 0 unspecified atom stereocenters. The lowest BCUT2D eigenvalue weighted by Gasteiger charge is -2.30. The number of H-pyrrole nitrogens is 1. The smallest absolute Gasteiger partial charge is 0.220 e. The molecule has 0 spiro atoms. The van der Waals surface area contributed by atoms with Gasteiger partial charge in [-0.25, -0.2) is 9.98 Å². The Hall–Kier alpha value is -3.93. The van der Waals surface area contributed by atoms with Crippen molar-refractivity contribution >= 4 is 16.9 Å². The average Bonchev–Trinajstić information content (AvgIpc) is 3.29. The summed E-state index contributed by atoms with van der Waals surface area (Å²) in [4.78, 5) is 25.3. The van der Waals surface area contributed by atoms with Gasteiger partial charge in [0, 0.05) is 23.4 Å². The number of ether oxygens (including phenoxy) is 2. The Morgan fingerprint density at radius 3 is 2.70 bits per heavy atom. The molecule has 2 aromatic heterocycles. The number of rotatable bonds is 3. The first-order valence-electron chi connectivity index (χ1n) is 12.8. The van der Waals surface area contributed by atoms with Crippen LogP contribution in [0, 0.1) is 26.2 Å². The number of nitrogens with one attached hydrogen (secondary N) is 1. The number of benzene rings is 2. The maximum Gasteiger partial charge on any atom is 0.220 e. The first kappa shape index (κ1) is 23.5. The average molecular weight is 494 g/mol. The van der Waals surface area contributed by atoms with E-state index in [4.69, 9.17) is 14.5 Å². The molecule has 2 aliphatic rings. The Bertz CT molecular complexity index is 1630. The lowest BCUT2D eigenvalue weighted by Crippen LogP contribution is -2.30. The monoisotopic (exact) mass is 493 g/mol. The Labute approximate surface area is 216 Å². The number of pyridine rings is 2. The topological polar surface area (TPSA) is 76.6 Å². The van der Waals surface area contributed by atoms with Crippen LogP contribution in [0.2, 0.25) is 0 Å². The standard InChI is InChI=1S/C31H31N3O3/c1-17-14-21(30-34-29-28(37-30)22-9-7-6-8-20(22)12-13-31(29,4)5)16-25(19(17)3)36-26-11-10-23-27(33-26)24(35)15-18(2)32-23/h6-11,14-16,28-29H,12-13H2,1-5H3,(H,32,35)/t28-,29+/m0/s1. The molecule has 1 N–H and O–H groups in total. The van der Waals surface area contributed by atoms with Crippen molar-refractivity contribution in [1.82, 2.24) is 9.97 Å². The minimum absolute atomic E-state index is 0.00489. The zero-order chi connectivity index (χ0) is 25.9. The summed E-state index contributed by atoms with van der Waals surface area (Å²) >= 11 is 0. The van der Waals surface area contributed by atoms with Crippen molar-refractivity contribution in [2.45, 2.75) is 59.6 Å². The van der Waals surface area contributed by atoms with E-state index in [0.717, 1.165) is 35.2 Å². The molecule has 6 rings (SSSR count). The Morgan fingerprint density at radius 1 is 1.05 bits per heavy atom. The van der Waals surface area contributed by atoms with Crippen molar-refractivity contribution < 1.29 is 9.47 Å². The SMILES string of the molecule is Cc1cc(=O)c2nc(Oc3cc(C4=N[C@@H]5[C@@H](O4)c4ccccc4CCC5(C)C)cc(C)c3C)ccc2[nH]1. The van der Waals surface area contributed by atoms with Crippen LogP contribution in [0.15, 0.2) is 64.4 Å². The van der Waals surface area contributed by atoms with Gasteiger partial charge in [-0.15, -0.1) is 0 Å². The number of aryl methyl sites for hydroxylation is 3. The van der Waals surface area contributed by atoms with Crippen LogP contribution in [-0.4, -0.2) is 21.9 Å². The maximum atomic E-state index is 12.5. The van der Waals surface area contributed by atoms with Crippen LogP contribution in [0.25, 0.3) is 11.0 Å². The van der Waals surface area contributed by atoms with Gasteiger partial charge in [0.15, 0.2) is 0 Å². The van der Waals surface area contributed by atoms with Crippen LogP contribution in [0.3, 0.4) is 0 Å². The van der Waals surface area contributed by atoms with Crippen molar-refractivity contribution in [3.05, 3.63) is 98.3 Å². The molecule has 0 saturated carbocycles. The van der Waals surface area contributed by atoms with Crippen molar-refractivity contribution in [2.75, 3.05) is 0 Å². The molecule has 6 nitrogen and oxygen atoms in total. The first-order valence-corrected chi connectivity index (χ1v) is 12.8. The summed E-state index contributed by atoms with van der Waals surface area (Å²) in [7, 11) is 0. The Balaban J connectivity index is 1.37. The molecule has 0 bridgehead atoms. The summed E-state index contributed by atoms with van der Waals surface area (Å²) in [5.41, 5.74) is 7.25. The van der Waals surface area contributed by atoms with Crippen LogP contribution in [0.1, 0.15) is 59.9 Å². The molecule has 6 heteroatoms. The van der Waals surface area contributed by atoms with Gasteiger partial charge in [0.25, 0.3) is 0 Å². The molecule has 3 heterocycles. The van der Waals surface area contributed by atoms with Crippen LogP contribution in [-0.2, 0) is 11.2 Å². The van der Waals surface area contributed by atoms with Gasteiger partial charge in [-0.1, -0.05) is 38.1 Å². The molecule has 1 aliphatic carbocycles. The predicted octanol–water partition coefficient (Wildman–Crippen LogP) is 6.50. The molecule has 4 aromatic rings. The number of fused-ring (bicyclic) bond motifs is 4. The van der Waals surface area contributed by atoms with Crippen LogP contribution < -0.4 is 10.2 Å². The van der Waals surface area contributed by atoms with Crippen LogP contribution in [0.4, 0.5) is 0 Å². The highest BCUT2D eigenvalue weighted by atomic mass is 16.5. The van der Waals surface area contributed by atoms with E-state index in [2.05, 4.69) is 61.1 Å². The zero-order valence-corrected chi connectivity index (χ0v) is 21.9. The fourth-order valence-electron chi connectivity index (χ4n) is 5.48. The van der Waals surface area contributed by atoms with Gasteiger partial charge in [0.1, 0.15) is 23.4 Å². The summed E-state index contributed by atoms with van der Waals surface area (Å²) in [5.74, 6) is 1.69. The fraction of sp³-hybridized carbons (Fsp3) is 0.323. The number of hydrogen-bond acceptors (Lipinski definition) is 5. The third-order valence-corrected chi connectivity index (χ3v) is 7.85. The van der Waals surface area contributed by atoms with Crippen molar-refractivity contribution in [2.24, 2.45) is 10.4 Å². The number of aliphatic imine (C=N–C) groups is 1. The lowest BCUT2D eigenvalue weighted by atomic mass is 9.79. The second-order valence-electron chi connectivity index (χ2n) is 11.0. The highest BCUT2D eigenvalue weighted by Crippen LogP contribution is 2.47. The molecule has 37 heavy (non-hydrogen) atoms. The van der Waals surface area contributed by atoms with Gasteiger partial charge >= 0.3 is 0 Å². The van der Waals surface area contributed by atoms with Crippen LogP contribution in [0.5, 0.6) is 11.6 Å². The molecule has 0 saturated heterocycles. The number of aromatic amines is 1. The molecular weight excluding hydrogens is 462 g/mol. The molecule has 2 aromatic carbocycles. The van der Waals surface area contributed by atoms with Crippen molar-refractivity contribution in [3.63, 3.8) is 0 Å². The van der Waals surface area contributed by atoms with Gasteiger partial charge in [-0.2, -0.15) is 0 Å². The lowest BCUT2D eigenvalue weighted by molar-refractivity contribution is 0.131. The third-order valence-electron chi connectivity index (χ3n) is 7.85. The highest BCUT2D eigenvalue weighted by molar-refractivity contribution is 5.96. The Morgan fingerprint density at radius 2 is 1.86 bits per heavy atom. The van der Waals surface area contributed by atoms with Crippen LogP contribution >= 0.6 is 0 Å². The summed E-state index contributed by atoms with van der Waals surface area (Å²) in [6, 6.07) is 17.8. The van der Waals surface area contributed by atoms with E-state index in [0.29, 0.717) is 28.6 Å². The van der Waals surface area contributed by atoms with E-state index in [1.165, 1.54) is 11.1 Å². The van der Waals surface area contributed by atoms with E-state index in [1.807, 2.05) is 26.0 Å². The molecule has 188 valence electrons. The third kappa shape index (κ3) is 4.10. The van der Waals surface area contributed by atoms with E-state index in [9.17, 15) is 4.79 Å². The second kappa shape index (κ2) is 8.58. The fourth-order valence-corrected chi connectivity index (χ4v) is 5.48. The second-order valence-corrected chi connectivity index (χ2v) is 11.0. The number of aromatic nitrogens is 2. The molecule has 0 amide bonds. The normalized spacial score (nSPS) is 20.0. The maximum absolute atomic E-state index is 12.5. The van der Waals surface area contributed by atoms with E-state index in [-0.39, 0.29) is 23.0 Å². The van der Waals surface area contributed by atoms with Crippen molar-refractivity contribution in [3.8, 4) is 11.6 Å². The predicted molar refractivity (Wildman–Crippen MR) is 146 cm³/mol. The van der Waals surface area contributed by atoms with Gasteiger partial charge < -0.3 is 14.5 Å². The number of hydrogen-bond donors (Lipinski definition) is 1. The van der Waals surface area contributed by atoms with Crippen molar-refractivity contribution in [1.29, 1.82) is 0 Å². The largest absolute Gasteiger partial charge is 0.467 e. The van der Waals surface area contributed by atoms with E-state index in [1.54, 1.807) is 12.1 Å². The summed E-state index contributed by atoms with van der Waals surface area (Å²) < 4.78 is 12.9. The quantitative estimate of drug-likeness (QED) is 0.353.